The number of carboxylic acid groups (broad SMARTS) is 1. The van der Waals surface area contributed by atoms with Crippen molar-refractivity contribution in [3.63, 3.8) is 0 Å². The molecule has 0 bridgehead atoms. The van der Waals surface area contributed by atoms with Gasteiger partial charge >= 0.3 is 11.9 Å². The maximum Gasteiger partial charge on any atom is 0.309 e. The molecule has 4 saturated carbocycles. The second kappa shape index (κ2) is 12.0. The first kappa shape index (κ1) is 36.3. The summed E-state index contributed by atoms with van der Waals surface area (Å²) in [7, 11) is 0. The Labute approximate surface area is 303 Å². The number of halogens is 1. The molecular weight excluding hydrogens is 643 g/mol. The van der Waals surface area contributed by atoms with Gasteiger partial charge < -0.3 is 14.3 Å². The quantitative estimate of drug-likeness (QED) is 0.226. The number of hydrogen-bond acceptors (Lipinski definition) is 6. The van der Waals surface area contributed by atoms with Crippen molar-refractivity contribution in [1.29, 1.82) is 0 Å². The van der Waals surface area contributed by atoms with E-state index in [0.717, 1.165) is 64.2 Å². The van der Waals surface area contributed by atoms with Crippen LogP contribution < -0.4 is 0 Å². The molecule has 0 unspecified atom stereocenters. The van der Waals surface area contributed by atoms with Crippen molar-refractivity contribution >= 4 is 11.9 Å². The van der Waals surface area contributed by atoms with Crippen LogP contribution in [-0.2, 0) is 19.7 Å². The van der Waals surface area contributed by atoms with Crippen molar-refractivity contribution in [3.05, 3.63) is 47.1 Å². The summed E-state index contributed by atoms with van der Waals surface area (Å²) >= 11 is 0. The fourth-order valence-corrected chi connectivity index (χ4v) is 13.0. The van der Waals surface area contributed by atoms with E-state index in [-0.39, 0.29) is 51.3 Å². The van der Waals surface area contributed by atoms with Crippen molar-refractivity contribution in [1.82, 2.24) is 10.2 Å². The minimum Gasteiger partial charge on any atom is -0.481 e. The number of aliphatic carboxylic acids is 1. The van der Waals surface area contributed by atoms with Gasteiger partial charge in [0.25, 0.3) is 5.89 Å². The van der Waals surface area contributed by atoms with Gasteiger partial charge in [0.2, 0.25) is 5.89 Å². The van der Waals surface area contributed by atoms with Crippen LogP contribution in [0.2, 0.25) is 0 Å². The Morgan fingerprint density at radius 1 is 0.941 bits per heavy atom. The van der Waals surface area contributed by atoms with Gasteiger partial charge in [0.15, 0.2) is 0 Å². The number of carboxylic acids is 1. The van der Waals surface area contributed by atoms with Crippen LogP contribution in [-0.4, -0.2) is 33.3 Å². The summed E-state index contributed by atoms with van der Waals surface area (Å²) in [5, 5.41) is 18.7. The molecule has 278 valence electrons. The molecule has 2 aromatic rings. The molecule has 5 aliphatic carbocycles. The fraction of sp³-hybridized carbons (Fsp3) is 0.721. The largest absolute Gasteiger partial charge is 0.481 e. The average Bonchev–Trinajstić information content (AvgIpc) is 3.69. The predicted molar refractivity (Wildman–Crippen MR) is 194 cm³/mol. The Balaban J connectivity index is 1.19. The monoisotopic (exact) mass is 702 g/mol. The van der Waals surface area contributed by atoms with E-state index >= 15 is 0 Å². The number of carbonyl (C=O) groups is 2. The number of benzene rings is 1. The van der Waals surface area contributed by atoms with E-state index in [0.29, 0.717) is 35.1 Å². The normalized spacial score (nSPS) is 37.3. The van der Waals surface area contributed by atoms with Crippen LogP contribution in [0, 0.1) is 56.6 Å². The molecule has 1 aromatic heterocycles. The Morgan fingerprint density at radius 3 is 2.35 bits per heavy atom. The van der Waals surface area contributed by atoms with Crippen LogP contribution in [0.1, 0.15) is 139 Å². The SMILES string of the molecule is CC(C)C1=C2[C@H]3CC[C@@H]4[C@@]5(C)CC[C@H](OC(=O)CC(C)(C)C(=O)O)C(C)(C)[C@@H]5CC[C@@]4(C)[C@]3(C)CC[C@@]2(c2nnc(-c3ccccc3F)o2)CC1. The Kier molecular flexibility index (Phi) is 8.54. The molecule has 1 N–H and O–H groups in total. The highest BCUT2D eigenvalue weighted by atomic mass is 19.1. The molecule has 0 amide bonds. The molecule has 51 heavy (non-hydrogen) atoms. The Bertz CT molecular complexity index is 1760. The Hall–Kier alpha value is -3.03. The van der Waals surface area contributed by atoms with Gasteiger partial charge in [0.1, 0.15) is 11.9 Å². The lowest BCUT2D eigenvalue weighted by Gasteiger charge is -2.72. The van der Waals surface area contributed by atoms with E-state index in [1.165, 1.54) is 6.07 Å². The second-order valence-corrected chi connectivity index (χ2v) is 19.4. The number of rotatable bonds is 7. The molecular formula is C43H59FN2O5. The van der Waals surface area contributed by atoms with Gasteiger partial charge in [0, 0.05) is 5.41 Å². The van der Waals surface area contributed by atoms with E-state index in [2.05, 4.69) is 53.6 Å². The first-order chi connectivity index (χ1) is 23.8. The predicted octanol–water partition coefficient (Wildman–Crippen LogP) is 10.3. The number of nitrogens with zero attached hydrogens (tertiary/aromatic N) is 2. The summed E-state index contributed by atoms with van der Waals surface area (Å²) in [5.74, 6) is 0.977. The molecule has 8 atom stereocenters. The molecule has 0 spiro atoms. The first-order valence-corrected chi connectivity index (χ1v) is 19.6. The molecule has 7 rings (SSSR count). The lowest BCUT2D eigenvalue weighted by atomic mass is 9.33. The van der Waals surface area contributed by atoms with Gasteiger partial charge in [-0.1, -0.05) is 71.7 Å². The van der Waals surface area contributed by atoms with Crippen LogP contribution in [0.3, 0.4) is 0 Å². The van der Waals surface area contributed by atoms with Crippen molar-refractivity contribution in [2.45, 2.75) is 144 Å². The highest BCUT2D eigenvalue weighted by Gasteiger charge is 2.70. The van der Waals surface area contributed by atoms with Crippen molar-refractivity contribution in [2.75, 3.05) is 0 Å². The maximum atomic E-state index is 14.8. The van der Waals surface area contributed by atoms with Crippen LogP contribution >= 0.6 is 0 Å². The van der Waals surface area contributed by atoms with E-state index in [1.54, 1.807) is 37.1 Å². The lowest BCUT2D eigenvalue weighted by Crippen LogP contribution is -2.66. The summed E-state index contributed by atoms with van der Waals surface area (Å²) in [5.41, 5.74) is 2.13. The molecule has 7 nitrogen and oxygen atoms in total. The van der Waals surface area contributed by atoms with Gasteiger partial charge in [-0.15, -0.1) is 10.2 Å². The third kappa shape index (κ3) is 5.21. The zero-order valence-corrected chi connectivity index (χ0v) is 32.3. The number of aromatic nitrogens is 2. The molecule has 8 heteroatoms. The van der Waals surface area contributed by atoms with Crippen molar-refractivity contribution < 1.29 is 28.2 Å². The van der Waals surface area contributed by atoms with Gasteiger partial charge in [-0.05, 0) is 130 Å². The number of fused-ring (bicyclic) bond motifs is 7. The van der Waals surface area contributed by atoms with Crippen LogP contribution in [0.5, 0.6) is 0 Å². The summed E-state index contributed by atoms with van der Waals surface area (Å²) in [6.07, 6.45) is 10.0. The number of carbonyl (C=O) groups excluding carboxylic acids is 1. The summed E-state index contributed by atoms with van der Waals surface area (Å²) in [6, 6.07) is 6.65. The highest BCUT2D eigenvalue weighted by molar-refractivity contribution is 5.81. The maximum absolute atomic E-state index is 14.8. The van der Waals surface area contributed by atoms with E-state index in [4.69, 9.17) is 14.3 Å². The minimum atomic E-state index is -1.15. The average molecular weight is 703 g/mol. The molecule has 4 fully saturated rings. The summed E-state index contributed by atoms with van der Waals surface area (Å²) < 4.78 is 27.5. The van der Waals surface area contributed by atoms with E-state index in [9.17, 15) is 19.1 Å². The zero-order valence-electron chi connectivity index (χ0n) is 32.3. The molecule has 1 heterocycles. The minimum absolute atomic E-state index is 0.0947. The molecule has 1 aromatic carbocycles. The topological polar surface area (TPSA) is 103 Å². The van der Waals surface area contributed by atoms with E-state index < -0.39 is 17.4 Å². The van der Waals surface area contributed by atoms with E-state index in [1.807, 2.05) is 6.07 Å². The number of hydrogen-bond donors (Lipinski definition) is 1. The van der Waals surface area contributed by atoms with Gasteiger partial charge in [-0.3, -0.25) is 9.59 Å². The summed E-state index contributed by atoms with van der Waals surface area (Å²) in [4.78, 5) is 24.8. The van der Waals surface area contributed by atoms with Gasteiger partial charge in [-0.2, -0.15) is 0 Å². The fourth-order valence-electron chi connectivity index (χ4n) is 13.0. The molecule has 0 aliphatic heterocycles. The Morgan fingerprint density at radius 2 is 1.67 bits per heavy atom. The van der Waals surface area contributed by atoms with Gasteiger partial charge in [0.05, 0.1) is 22.8 Å². The number of ether oxygens (including phenoxy) is 1. The summed E-state index contributed by atoms with van der Waals surface area (Å²) in [6.45, 7) is 20.2. The van der Waals surface area contributed by atoms with Crippen molar-refractivity contribution in [3.8, 4) is 11.5 Å². The zero-order chi connectivity index (χ0) is 36.9. The first-order valence-electron chi connectivity index (χ1n) is 19.6. The van der Waals surface area contributed by atoms with Crippen LogP contribution in [0.4, 0.5) is 4.39 Å². The number of allylic oxidation sites excluding steroid dienone is 2. The highest BCUT2D eigenvalue weighted by Crippen LogP contribution is 2.77. The van der Waals surface area contributed by atoms with Crippen LogP contribution in [0.25, 0.3) is 11.5 Å². The number of esters is 1. The third-order valence-corrected chi connectivity index (χ3v) is 16.0. The standard InChI is InChI=1S/C43H59FN2O5/c1-25(2)26-16-21-43(36-46-45-35(51-36)27-12-10-11-13-29(27)44)23-22-41(8)28(34(26)43)14-15-31-40(7)19-18-32(50-33(47)24-38(3,4)37(48)49)39(5,6)30(40)17-20-42(31,41)9/h10-13,25,28,30-32H,14-24H2,1-9H3,(H,48,49)/t28-,30+,31-,32+,40+,41-,42-,43+/m1/s1. The van der Waals surface area contributed by atoms with Gasteiger partial charge in [-0.25, -0.2) is 4.39 Å². The lowest BCUT2D eigenvalue weighted by molar-refractivity contribution is -0.232. The molecule has 5 aliphatic rings. The second-order valence-electron chi connectivity index (χ2n) is 19.4. The van der Waals surface area contributed by atoms with Crippen LogP contribution in [0.15, 0.2) is 39.8 Å². The third-order valence-electron chi connectivity index (χ3n) is 16.0. The molecule has 0 saturated heterocycles. The smallest absolute Gasteiger partial charge is 0.309 e. The van der Waals surface area contributed by atoms with Crippen molar-refractivity contribution in [2.24, 2.45) is 50.7 Å². The molecule has 0 radical (unpaired) electrons.